The molecule has 0 bridgehead atoms. The van der Waals surface area contributed by atoms with Crippen LogP contribution in [0.5, 0.6) is 5.75 Å². The maximum Gasteiger partial charge on any atom is 0.122 e. The number of aliphatic hydroxyl groups excluding tert-OH is 1. The molecule has 1 atom stereocenters. The zero-order valence-electron chi connectivity index (χ0n) is 17.1. The Labute approximate surface area is 173 Å². The minimum absolute atomic E-state index is 0.267. The van der Waals surface area contributed by atoms with Gasteiger partial charge in [-0.15, -0.1) is 6.58 Å². The Morgan fingerprint density at radius 1 is 1.07 bits per heavy atom. The van der Waals surface area contributed by atoms with E-state index in [1.165, 1.54) is 11.3 Å². The van der Waals surface area contributed by atoms with Crippen LogP contribution in [0.4, 0.5) is 0 Å². The number of rotatable bonds is 11. The van der Waals surface area contributed by atoms with Crippen molar-refractivity contribution in [1.82, 2.24) is 9.47 Å². The monoisotopic (exact) mass is 390 g/mol. The summed E-state index contributed by atoms with van der Waals surface area (Å²) in [5.74, 6) is 0.818. The van der Waals surface area contributed by atoms with Crippen molar-refractivity contribution in [3.63, 3.8) is 0 Å². The van der Waals surface area contributed by atoms with Crippen molar-refractivity contribution in [1.29, 1.82) is 0 Å². The predicted molar refractivity (Wildman–Crippen MR) is 118 cm³/mol. The molecule has 0 saturated heterocycles. The predicted octanol–water partition coefficient (Wildman–Crippen LogP) is 4.27. The van der Waals surface area contributed by atoms with Crippen molar-refractivity contribution in [3.8, 4) is 5.75 Å². The first kappa shape index (κ1) is 20.9. The summed E-state index contributed by atoms with van der Waals surface area (Å²) in [4.78, 5) is 2.19. The molecule has 3 rings (SSSR count). The lowest BCUT2D eigenvalue weighted by atomic mass is 10.2. The first-order valence-electron chi connectivity index (χ1n) is 10.0. The van der Waals surface area contributed by atoms with Gasteiger partial charge in [0.15, 0.2) is 0 Å². The molecule has 0 amide bonds. The van der Waals surface area contributed by atoms with Crippen LogP contribution >= 0.6 is 0 Å². The van der Waals surface area contributed by atoms with Crippen LogP contribution in [0, 0.1) is 6.92 Å². The van der Waals surface area contributed by atoms with E-state index in [0.29, 0.717) is 13.1 Å². The van der Waals surface area contributed by atoms with Crippen LogP contribution in [0.3, 0.4) is 0 Å². The number of hydrogen-bond acceptors (Lipinski definition) is 3. The maximum absolute atomic E-state index is 10.5. The number of benzene rings is 2. The third kappa shape index (κ3) is 6.34. The fraction of sp³-hybridized carbons (Fsp3) is 0.280. The van der Waals surface area contributed by atoms with E-state index in [-0.39, 0.29) is 6.61 Å². The highest BCUT2D eigenvalue weighted by Gasteiger charge is 2.14. The van der Waals surface area contributed by atoms with E-state index in [2.05, 4.69) is 58.6 Å². The highest BCUT2D eigenvalue weighted by molar-refractivity contribution is 5.31. The van der Waals surface area contributed by atoms with Gasteiger partial charge in [0.25, 0.3) is 0 Å². The molecule has 29 heavy (non-hydrogen) atoms. The van der Waals surface area contributed by atoms with Gasteiger partial charge in [-0.1, -0.05) is 54.6 Å². The van der Waals surface area contributed by atoms with Gasteiger partial charge in [-0.2, -0.15) is 0 Å². The molecule has 0 radical (unpaired) electrons. The maximum atomic E-state index is 10.5. The Hall–Kier alpha value is -2.82. The zero-order valence-corrected chi connectivity index (χ0v) is 17.1. The lowest BCUT2D eigenvalue weighted by molar-refractivity contribution is 0.0687. The van der Waals surface area contributed by atoms with Gasteiger partial charge in [-0.3, -0.25) is 4.90 Å². The van der Waals surface area contributed by atoms with E-state index in [1.54, 1.807) is 0 Å². The summed E-state index contributed by atoms with van der Waals surface area (Å²) in [5, 5.41) is 10.5. The summed E-state index contributed by atoms with van der Waals surface area (Å²) < 4.78 is 8.06. The van der Waals surface area contributed by atoms with E-state index >= 15 is 0 Å². The molecule has 1 unspecified atom stereocenters. The van der Waals surface area contributed by atoms with Crippen LogP contribution in [0.15, 0.2) is 85.6 Å². The standard InChI is InChI=1S/C25H30N2O2/c1-3-15-26(19-24(28)20-29-25-14-8-7-10-21(25)2)18-23-13-9-16-27(23)17-22-11-5-4-6-12-22/h3-14,16,24,28H,1,15,17-20H2,2H3. The lowest BCUT2D eigenvalue weighted by Gasteiger charge is -2.25. The summed E-state index contributed by atoms with van der Waals surface area (Å²) in [5.41, 5.74) is 3.55. The largest absolute Gasteiger partial charge is 0.491 e. The second-order valence-corrected chi connectivity index (χ2v) is 7.33. The second kappa shape index (κ2) is 10.6. The summed E-state index contributed by atoms with van der Waals surface area (Å²) in [6.07, 6.45) is 3.40. The van der Waals surface area contributed by atoms with Gasteiger partial charge in [0.05, 0.1) is 0 Å². The van der Waals surface area contributed by atoms with Crippen LogP contribution in [-0.4, -0.2) is 40.4 Å². The molecular weight excluding hydrogens is 360 g/mol. The molecule has 0 fully saturated rings. The van der Waals surface area contributed by atoms with Crippen LogP contribution in [-0.2, 0) is 13.1 Å². The van der Waals surface area contributed by atoms with Crippen molar-refractivity contribution in [2.75, 3.05) is 19.7 Å². The fourth-order valence-electron chi connectivity index (χ4n) is 3.40. The molecule has 152 valence electrons. The molecule has 0 aliphatic carbocycles. The summed E-state index contributed by atoms with van der Waals surface area (Å²) >= 11 is 0. The van der Waals surface area contributed by atoms with Crippen LogP contribution in [0.1, 0.15) is 16.8 Å². The molecule has 4 nitrogen and oxygen atoms in total. The van der Waals surface area contributed by atoms with Gasteiger partial charge in [0, 0.05) is 38.1 Å². The van der Waals surface area contributed by atoms with E-state index < -0.39 is 6.10 Å². The Bertz CT molecular complexity index is 889. The molecule has 1 heterocycles. The molecule has 2 aromatic carbocycles. The smallest absolute Gasteiger partial charge is 0.122 e. The Morgan fingerprint density at radius 2 is 1.83 bits per heavy atom. The quantitative estimate of drug-likeness (QED) is 0.497. The number of nitrogens with zero attached hydrogens (tertiary/aromatic N) is 2. The van der Waals surface area contributed by atoms with E-state index in [0.717, 1.165) is 24.4 Å². The summed E-state index contributed by atoms with van der Waals surface area (Å²) in [6.45, 7) is 8.95. The Balaban J connectivity index is 1.58. The minimum Gasteiger partial charge on any atom is -0.491 e. The number of para-hydroxylation sites is 1. The Kier molecular flexibility index (Phi) is 7.68. The third-order valence-electron chi connectivity index (χ3n) is 4.89. The number of aliphatic hydroxyl groups is 1. The van der Waals surface area contributed by atoms with Gasteiger partial charge in [-0.25, -0.2) is 0 Å². The lowest BCUT2D eigenvalue weighted by Crippen LogP contribution is -2.36. The van der Waals surface area contributed by atoms with Crippen LogP contribution in [0.2, 0.25) is 0 Å². The van der Waals surface area contributed by atoms with Crippen molar-refractivity contribution in [3.05, 3.63) is 102 Å². The van der Waals surface area contributed by atoms with Crippen molar-refractivity contribution < 1.29 is 9.84 Å². The van der Waals surface area contributed by atoms with Crippen molar-refractivity contribution in [2.45, 2.75) is 26.1 Å². The summed E-state index contributed by atoms with van der Waals surface area (Å²) in [7, 11) is 0. The van der Waals surface area contributed by atoms with E-state index in [4.69, 9.17) is 4.74 Å². The molecule has 4 heteroatoms. The van der Waals surface area contributed by atoms with Crippen molar-refractivity contribution >= 4 is 0 Å². The van der Waals surface area contributed by atoms with Gasteiger partial charge >= 0.3 is 0 Å². The fourth-order valence-corrected chi connectivity index (χ4v) is 3.40. The molecule has 3 aromatic rings. The van der Waals surface area contributed by atoms with Crippen LogP contribution < -0.4 is 4.74 Å². The summed E-state index contributed by atoms with van der Waals surface area (Å²) in [6, 6.07) is 22.5. The van der Waals surface area contributed by atoms with Crippen molar-refractivity contribution in [2.24, 2.45) is 0 Å². The average molecular weight is 391 g/mol. The molecule has 0 saturated carbocycles. The second-order valence-electron chi connectivity index (χ2n) is 7.33. The van der Waals surface area contributed by atoms with Crippen LogP contribution in [0.25, 0.3) is 0 Å². The van der Waals surface area contributed by atoms with Gasteiger partial charge in [-0.05, 0) is 36.2 Å². The Morgan fingerprint density at radius 3 is 2.59 bits per heavy atom. The molecule has 1 aromatic heterocycles. The normalized spacial score (nSPS) is 12.1. The number of hydrogen-bond donors (Lipinski definition) is 1. The molecule has 0 aliphatic rings. The minimum atomic E-state index is -0.577. The highest BCUT2D eigenvalue weighted by atomic mass is 16.5. The first-order chi connectivity index (χ1) is 14.2. The third-order valence-corrected chi connectivity index (χ3v) is 4.89. The van der Waals surface area contributed by atoms with Gasteiger partial charge in [0.2, 0.25) is 0 Å². The SMILES string of the molecule is C=CCN(Cc1cccn1Cc1ccccc1)CC(O)COc1ccccc1C. The average Bonchev–Trinajstić information content (AvgIpc) is 3.15. The van der Waals surface area contributed by atoms with E-state index in [1.807, 2.05) is 43.3 Å². The molecule has 0 spiro atoms. The van der Waals surface area contributed by atoms with Gasteiger partial charge < -0.3 is 14.4 Å². The molecular formula is C25H30N2O2. The molecule has 1 N–H and O–H groups in total. The highest BCUT2D eigenvalue weighted by Crippen LogP contribution is 2.17. The topological polar surface area (TPSA) is 37.6 Å². The molecule has 0 aliphatic heterocycles. The number of aromatic nitrogens is 1. The van der Waals surface area contributed by atoms with E-state index in [9.17, 15) is 5.11 Å². The van der Waals surface area contributed by atoms with Gasteiger partial charge in [0.1, 0.15) is 18.5 Å². The zero-order chi connectivity index (χ0) is 20.5. The number of ether oxygens (including phenoxy) is 1. The first-order valence-corrected chi connectivity index (χ1v) is 10.0. The number of aryl methyl sites for hydroxylation is 1.